The van der Waals surface area contributed by atoms with Crippen molar-refractivity contribution in [3.05, 3.63) is 70.3 Å². The topological polar surface area (TPSA) is 82.6 Å². The number of imidazole rings is 1. The summed E-state index contributed by atoms with van der Waals surface area (Å²) < 4.78 is 14.5. The van der Waals surface area contributed by atoms with Gasteiger partial charge in [0.05, 0.1) is 17.1 Å². The summed E-state index contributed by atoms with van der Waals surface area (Å²) in [6.07, 6.45) is 4.74. The van der Waals surface area contributed by atoms with E-state index in [1.165, 1.54) is 11.3 Å². The Labute approximate surface area is 219 Å². The number of nitrogens with two attached hydrogens (primary N) is 1. The van der Waals surface area contributed by atoms with Crippen LogP contribution in [0.15, 0.2) is 54.9 Å². The van der Waals surface area contributed by atoms with Gasteiger partial charge in [-0.15, -0.1) is 11.3 Å². The number of carbonyl (C=O) groups is 1. The molecule has 188 valence electrons. The van der Waals surface area contributed by atoms with Gasteiger partial charge in [0.25, 0.3) is 5.91 Å². The van der Waals surface area contributed by atoms with Crippen LogP contribution in [0.4, 0.5) is 0 Å². The lowest BCUT2D eigenvalue weighted by molar-refractivity contribution is 0.0998. The number of halogens is 1. The Morgan fingerprint density at radius 2 is 2.03 bits per heavy atom. The molecule has 1 aliphatic heterocycles. The van der Waals surface area contributed by atoms with Gasteiger partial charge in [-0.25, -0.2) is 4.98 Å². The van der Waals surface area contributed by atoms with Crippen LogP contribution in [0.5, 0.6) is 11.5 Å². The van der Waals surface area contributed by atoms with Crippen LogP contribution in [0.3, 0.4) is 0 Å². The molecule has 7 nitrogen and oxygen atoms in total. The molecule has 0 radical (unpaired) electrons. The SMILES string of the molecule is C[C@H](Oc1cc(-n2cnc3ccc(O[C@@H]4CCCN(C)CC4)cc32)sc1C(N)=O)c1ccccc1Cl. The molecule has 1 amide bonds. The third-order valence-electron chi connectivity index (χ3n) is 6.51. The van der Waals surface area contributed by atoms with Gasteiger partial charge in [-0.3, -0.25) is 9.36 Å². The predicted octanol–water partition coefficient (Wildman–Crippen LogP) is 5.84. The molecular weight excluding hydrogens is 496 g/mol. The Balaban J connectivity index is 1.43. The zero-order valence-corrected chi connectivity index (χ0v) is 21.9. The Kier molecular flexibility index (Phi) is 7.18. The van der Waals surface area contributed by atoms with E-state index in [-0.39, 0.29) is 12.2 Å². The van der Waals surface area contributed by atoms with Gasteiger partial charge in [0.15, 0.2) is 0 Å². The standard InChI is InChI=1S/C27H29ClN4O3S/c1-17(20-7-3-4-8-21(20)28)34-24-15-25(36-26(24)27(29)33)32-16-30-22-10-9-19(14-23(22)32)35-18-6-5-12-31(2)13-11-18/h3-4,7-10,14-18H,5-6,11-13H2,1-2H3,(H2,29,33)/t17-,18+/m0/s1. The number of thiophene rings is 1. The van der Waals surface area contributed by atoms with Gasteiger partial charge in [-0.1, -0.05) is 29.8 Å². The monoisotopic (exact) mass is 524 g/mol. The van der Waals surface area contributed by atoms with E-state index in [1.807, 2.05) is 60.0 Å². The Bertz CT molecular complexity index is 1380. The molecule has 2 N–H and O–H groups in total. The number of hydrogen-bond acceptors (Lipinski definition) is 6. The average Bonchev–Trinajstić information content (AvgIpc) is 3.40. The van der Waals surface area contributed by atoms with Gasteiger partial charge in [-0.05, 0) is 58.0 Å². The van der Waals surface area contributed by atoms with E-state index >= 15 is 0 Å². The molecule has 1 aliphatic rings. The minimum atomic E-state index is -0.542. The quantitative estimate of drug-likeness (QED) is 0.328. The third kappa shape index (κ3) is 5.21. The Hall–Kier alpha value is -3.07. The first-order valence-electron chi connectivity index (χ1n) is 12.1. The number of carbonyl (C=O) groups excluding carboxylic acids is 1. The van der Waals surface area contributed by atoms with E-state index in [2.05, 4.69) is 16.9 Å². The number of amides is 1. The lowest BCUT2D eigenvalue weighted by atomic mass is 10.1. The predicted molar refractivity (Wildman–Crippen MR) is 144 cm³/mol. The van der Waals surface area contributed by atoms with Crippen molar-refractivity contribution in [1.29, 1.82) is 0 Å². The van der Waals surface area contributed by atoms with Crippen LogP contribution >= 0.6 is 22.9 Å². The maximum absolute atomic E-state index is 12.3. The minimum Gasteiger partial charge on any atom is -0.490 e. The van der Waals surface area contributed by atoms with E-state index in [9.17, 15) is 4.79 Å². The number of fused-ring (bicyclic) bond motifs is 1. The van der Waals surface area contributed by atoms with Crippen molar-refractivity contribution in [2.75, 3.05) is 20.1 Å². The number of nitrogens with zero attached hydrogens (tertiary/aromatic N) is 3. The normalized spacial score (nSPS) is 17.6. The second-order valence-corrected chi connectivity index (χ2v) is 10.6. The second-order valence-electron chi connectivity index (χ2n) is 9.16. The Morgan fingerprint density at radius 3 is 2.83 bits per heavy atom. The molecule has 2 atom stereocenters. The third-order valence-corrected chi connectivity index (χ3v) is 7.99. The number of ether oxygens (including phenoxy) is 2. The molecule has 0 saturated carbocycles. The molecule has 4 aromatic rings. The summed E-state index contributed by atoms with van der Waals surface area (Å²) in [6.45, 7) is 4.03. The summed E-state index contributed by atoms with van der Waals surface area (Å²) in [6, 6.07) is 15.3. The van der Waals surface area contributed by atoms with Gasteiger partial charge in [0.2, 0.25) is 0 Å². The van der Waals surface area contributed by atoms with Crippen molar-refractivity contribution in [2.45, 2.75) is 38.4 Å². The van der Waals surface area contributed by atoms with Crippen LogP contribution in [-0.2, 0) is 0 Å². The number of benzene rings is 2. The first kappa shape index (κ1) is 24.6. The van der Waals surface area contributed by atoms with E-state index < -0.39 is 5.91 Å². The van der Waals surface area contributed by atoms with Crippen molar-refractivity contribution in [3.63, 3.8) is 0 Å². The number of rotatable bonds is 7. The number of primary amides is 1. The van der Waals surface area contributed by atoms with E-state index in [0.717, 1.165) is 59.7 Å². The largest absolute Gasteiger partial charge is 0.490 e. The highest BCUT2D eigenvalue weighted by molar-refractivity contribution is 7.16. The van der Waals surface area contributed by atoms with Crippen LogP contribution in [-0.4, -0.2) is 46.6 Å². The van der Waals surface area contributed by atoms with Crippen LogP contribution in [0.2, 0.25) is 5.02 Å². The number of likely N-dealkylation sites (tertiary alicyclic amines) is 1. The van der Waals surface area contributed by atoms with Gasteiger partial charge < -0.3 is 20.1 Å². The molecule has 36 heavy (non-hydrogen) atoms. The first-order chi connectivity index (χ1) is 17.4. The lowest BCUT2D eigenvalue weighted by Crippen LogP contribution is -2.21. The second kappa shape index (κ2) is 10.5. The fourth-order valence-corrected chi connectivity index (χ4v) is 5.77. The highest BCUT2D eigenvalue weighted by Crippen LogP contribution is 2.37. The van der Waals surface area contributed by atoms with E-state index in [4.69, 9.17) is 26.8 Å². The Morgan fingerprint density at radius 1 is 1.19 bits per heavy atom. The lowest BCUT2D eigenvalue weighted by Gasteiger charge is -2.17. The molecule has 2 aromatic carbocycles. The highest BCUT2D eigenvalue weighted by Gasteiger charge is 2.22. The molecule has 1 fully saturated rings. The molecule has 0 unspecified atom stereocenters. The fourth-order valence-electron chi connectivity index (χ4n) is 4.55. The van der Waals surface area contributed by atoms with Crippen LogP contribution in [0, 0.1) is 0 Å². The fraction of sp³-hybridized carbons (Fsp3) is 0.333. The molecule has 5 rings (SSSR count). The van der Waals surface area contributed by atoms with Crippen molar-refractivity contribution in [2.24, 2.45) is 5.73 Å². The maximum atomic E-state index is 12.3. The first-order valence-corrected chi connectivity index (χ1v) is 13.3. The van der Waals surface area contributed by atoms with Crippen molar-refractivity contribution >= 4 is 39.9 Å². The molecule has 0 aliphatic carbocycles. The molecule has 0 spiro atoms. The number of hydrogen-bond donors (Lipinski definition) is 1. The molecular formula is C27H29ClN4O3S. The minimum absolute atomic E-state index is 0.193. The zero-order valence-electron chi connectivity index (χ0n) is 20.3. The summed E-state index contributed by atoms with van der Waals surface area (Å²) >= 11 is 7.61. The summed E-state index contributed by atoms with van der Waals surface area (Å²) in [5.41, 5.74) is 8.27. The highest BCUT2D eigenvalue weighted by atomic mass is 35.5. The van der Waals surface area contributed by atoms with Crippen LogP contribution in [0.25, 0.3) is 16.0 Å². The van der Waals surface area contributed by atoms with E-state index in [1.54, 1.807) is 6.33 Å². The van der Waals surface area contributed by atoms with Crippen molar-refractivity contribution in [3.8, 4) is 16.5 Å². The smallest absolute Gasteiger partial charge is 0.262 e. The van der Waals surface area contributed by atoms with Crippen molar-refractivity contribution < 1.29 is 14.3 Å². The summed E-state index contributed by atoms with van der Waals surface area (Å²) in [4.78, 5) is 19.5. The number of aromatic nitrogens is 2. The molecule has 1 saturated heterocycles. The van der Waals surface area contributed by atoms with Gasteiger partial charge in [-0.2, -0.15) is 0 Å². The van der Waals surface area contributed by atoms with Gasteiger partial charge in [0, 0.05) is 29.3 Å². The summed E-state index contributed by atoms with van der Waals surface area (Å²) in [7, 11) is 2.15. The average molecular weight is 525 g/mol. The molecule has 9 heteroatoms. The van der Waals surface area contributed by atoms with Crippen molar-refractivity contribution in [1.82, 2.24) is 14.5 Å². The van der Waals surface area contributed by atoms with Crippen LogP contribution < -0.4 is 15.2 Å². The molecule has 2 aromatic heterocycles. The maximum Gasteiger partial charge on any atom is 0.262 e. The van der Waals surface area contributed by atoms with Crippen LogP contribution in [0.1, 0.15) is 47.5 Å². The molecule has 3 heterocycles. The molecule has 0 bridgehead atoms. The van der Waals surface area contributed by atoms with Gasteiger partial charge >= 0.3 is 0 Å². The van der Waals surface area contributed by atoms with Gasteiger partial charge in [0.1, 0.15) is 33.8 Å². The zero-order chi connectivity index (χ0) is 25.2. The van der Waals surface area contributed by atoms with E-state index in [0.29, 0.717) is 15.6 Å². The summed E-state index contributed by atoms with van der Waals surface area (Å²) in [5, 5.41) is 1.38. The summed E-state index contributed by atoms with van der Waals surface area (Å²) in [5.74, 6) is 0.695.